The van der Waals surface area contributed by atoms with Crippen molar-refractivity contribution >= 4 is 39.9 Å². The monoisotopic (exact) mass is 369 g/mol. The van der Waals surface area contributed by atoms with Crippen LogP contribution in [-0.4, -0.2) is 25.6 Å². The van der Waals surface area contributed by atoms with Gasteiger partial charge in [-0.15, -0.1) is 0 Å². The molecule has 0 heterocycles. The predicted octanol–water partition coefficient (Wildman–Crippen LogP) is 4.30. The zero-order valence-electron chi connectivity index (χ0n) is 14.0. The van der Waals surface area contributed by atoms with Crippen molar-refractivity contribution in [3.63, 3.8) is 0 Å². The first-order valence-electron chi connectivity index (χ1n) is 7.86. The molecule has 3 aromatic rings. The quantitative estimate of drug-likeness (QED) is 0.681. The number of benzene rings is 3. The molecule has 26 heavy (non-hydrogen) atoms. The second kappa shape index (κ2) is 7.89. The number of esters is 1. The van der Waals surface area contributed by atoms with Crippen molar-refractivity contribution in [1.29, 1.82) is 0 Å². The van der Waals surface area contributed by atoms with Crippen molar-refractivity contribution in [1.82, 2.24) is 0 Å². The van der Waals surface area contributed by atoms with E-state index in [2.05, 4.69) is 5.32 Å². The van der Waals surface area contributed by atoms with Crippen LogP contribution >= 0.6 is 11.6 Å². The molecule has 132 valence electrons. The normalized spacial score (nSPS) is 10.4. The van der Waals surface area contributed by atoms with E-state index in [1.54, 1.807) is 36.4 Å². The Morgan fingerprint density at radius 1 is 1.00 bits per heavy atom. The van der Waals surface area contributed by atoms with E-state index in [9.17, 15) is 9.59 Å². The second-order valence-electron chi connectivity index (χ2n) is 5.53. The van der Waals surface area contributed by atoms with Gasteiger partial charge in [-0.25, -0.2) is 4.79 Å². The molecule has 0 aliphatic rings. The van der Waals surface area contributed by atoms with Crippen LogP contribution in [0.1, 0.15) is 10.4 Å². The topological polar surface area (TPSA) is 64.6 Å². The molecule has 0 aromatic heterocycles. The van der Waals surface area contributed by atoms with Gasteiger partial charge < -0.3 is 14.8 Å². The number of halogens is 1. The van der Waals surface area contributed by atoms with E-state index in [4.69, 9.17) is 21.1 Å². The van der Waals surface area contributed by atoms with E-state index in [1.165, 1.54) is 7.11 Å². The summed E-state index contributed by atoms with van der Waals surface area (Å²) in [6.45, 7) is -0.405. The molecule has 0 bridgehead atoms. The summed E-state index contributed by atoms with van der Waals surface area (Å²) in [5.41, 5.74) is 0.837. The Balaban J connectivity index is 1.68. The van der Waals surface area contributed by atoms with Gasteiger partial charge in [0.25, 0.3) is 5.91 Å². The first kappa shape index (κ1) is 17.8. The minimum Gasteiger partial charge on any atom is -0.496 e. The lowest BCUT2D eigenvalue weighted by Crippen LogP contribution is -2.21. The molecule has 0 atom stereocenters. The number of rotatable bonds is 5. The first-order chi connectivity index (χ1) is 12.6. The van der Waals surface area contributed by atoms with Gasteiger partial charge in [0, 0.05) is 10.7 Å². The summed E-state index contributed by atoms with van der Waals surface area (Å²) in [6.07, 6.45) is 0. The first-order valence-corrected chi connectivity index (χ1v) is 8.24. The average Bonchev–Trinajstić information content (AvgIpc) is 2.66. The van der Waals surface area contributed by atoms with Gasteiger partial charge >= 0.3 is 5.97 Å². The molecule has 1 amide bonds. The van der Waals surface area contributed by atoms with Gasteiger partial charge in [0.1, 0.15) is 11.3 Å². The maximum atomic E-state index is 12.4. The van der Waals surface area contributed by atoms with Crippen LogP contribution in [0.5, 0.6) is 5.75 Å². The number of fused-ring (bicyclic) bond motifs is 1. The summed E-state index contributed by atoms with van der Waals surface area (Å²) in [7, 11) is 1.48. The fourth-order valence-electron chi connectivity index (χ4n) is 2.49. The minimum absolute atomic E-state index is 0.269. The van der Waals surface area contributed by atoms with Gasteiger partial charge in [-0.1, -0.05) is 35.9 Å². The third kappa shape index (κ3) is 4.13. The van der Waals surface area contributed by atoms with Gasteiger partial charge in [0.05, 0.1) is 7.11 Å². The number of carbonyl (C=O) groups is 2. The minimum atomic E-state index is -0.626. The summed E-state index contributed by atoms with van der Waals surface area (Å²) < 4.78 is 10.4. The lowest BCUT2D eigenvalue weighted by atomic mass is 10.1. The van der Waals surface area contributed by atoms with Crippen LogP contribution in [-0.2, 0) is 9.53 Å². The number of methoxy groups -OCH3 is 1. The Kier molecular flexibility index (Phi) is 5.39. The van der Waals surface area contributed by atoms with Gasteiger partial charge in [-0.05, 0) is 47.2 Å². The summed E-state index contributed by atoms with van der Waals surface area (Å²) in [5, 5.41) is 5.02. The van der Waals surface area contributed by atoms with Crippen LogP contribution in [0.2, 0.25) is 5.02 Å². The molecule has 0 unspecified atom stereocenters. The van der Waals surface area contributed by atoms with Crippen molar-refractivity contribution in [3.8, 4) is 5.75 Å². The Labute approximate surface area is 155 Å². The van der Waals surface area contributed by atoms with Crippen LogP contribution in [0.25, 0.3) is 10.8 Å². The second-order valence-corrected chi connectivity index (χ2v) is 5.97. The Morgan fingerprint density at radius 2 is 1.65 bits per heavy atom. The molecular formula is C20H16ClNO4. The molecular weight excluding hydrogens is 354 g/mol. The fraction of sp³-hybridized carbons (Fsp3) is 0.100. The highest BCUT2D eigenvalue weighted by molar-refractivity contribution is 6.30. The van der Waals surface area contributed by atoms with Crippen molar-refractivity contribution in [2.24, 2.45) is 0 Å². The van der Waals surface area contributed by atoms with Gasteiger partial charge in [0.15, 0.2) is 6.61 Å². The molecule has 0 radical (unpaired) electrons. The Hall–Kier alpha value is -3.05. The van der Waals surface area contributed by atoms with Gasteiger partial charge in [-0.3, -0.25) is 4.79 Å². The highest BCUT2D eigenvalue weighted by atomic mass is 35.5. The zero-order chi connectivity index (χ0) is 18.5. The Morgan fingerprint density at radius 3 is 2.31 bits per heavy atom. The largest absolute Gasteiger partial charge is 0.496 e. The number of nitrogens with one attached hydrogen (secondary N) is 1. The van der Waals surface area contributed by atoms with Crippen molar-refractivity contribution < 1.29 is 19.1 Å². The summed E-state index contributed by atoms with van der Waals surface area (Å²) in [6, 6.07) is 17.7. The number of carbonyl (C=O) groups excluding carboxylic acids is 2. The molecule has 6 heteroatoms. The fourth-order valence-corrected chi connectivity index (χ4v) is 2.61. The highest BCUT2D eigenvalue weighted by Gasteiger charge is 2.16. The number of hydrogen-bond acceptors (Lipinski definition) is 4. The maximum Gasteiger partial charge on any atom is 0.342 e. The SMILES string of the molecule is COc1cc2ccccc2cc1C(=O)OCC(=O)Nc1ccc(Cl)cc1. The van der Waals surface area contributed by atoms with Crippen LogP contribution in [0.3, 0.4) is 0 Å². The third-order valence-electron chi connectivity index (χ3n) is 3.75. The smallest absolute Gasteiger partial charge is 0.342 e. The lowest BCUT2D eigenvalue weighted by Gasteiger charge is -2.11. The van der Waals surface area contributed by atoms with Gasteiger partial charge in [0.2, 0.25) is 0 Å². The van der Waals surface area contributed by atoms with E-state index >= 15 is 0 Å². The molecule has 0 saturated heterocycles. The predicted molar refractivity (Wildman–Crippen MR) is 101 cm³/mol. The average molecular weight is 370 g/mol. The molecule has 0 fully saturated rings. The lowest BCUT2D eigenvalue weighted by molar-refractivity contribution is -0.119. The van der Waals surface area contributed by atoms with E-state index in [0.717, 1.165) is 10.8 Å². The zero-order valence-corrected chi connectivity index (χ0v) is 14.7. The number of anilines is 1. The molecule has 5 nitrogen and oxygen atoms in total. The van der Waals surface area contributed by atoms with E-state index < -0.39 is 18.5 Å². The van der Waals surface area contributed by atoms with E-state index in [-0.39, 0.29) is 5.56 Å². The molecule has 3 rings (SSSR count). The van der Waals surface area contributed by atoms with Crippen LogP contribution in [0, 0.1) is 0 Å². The summed E-state index contributed by atoms with van der Waals surface area (Å²) in [5.74, 6) is -0.675. The van der Waals surface area contributed by atoms with E-state index in [1.807, 2.05) is 24.3 Å². The molecule has 0 saturated carbocycles. The maximum absolute atomic E-state index is 12.4. The molecule has 3 aromatic carbocycles. The standard InChI is InChI=1S/C20H16ClNO4/c1-25-18-11-14-5-3-2-4-13(14)10-17(18)20(24)26-12-19(23)22-16-8-6-15(21)7-9-16/h2-11H,12H2,1H3,(H,22,23). The third-order valence-corrected chi connectivity index (χ3v) is 4.00. The van der Waals surface area contributed by atoms with Crippen LogP contribution < -0.4 is 10.1 Å². The van der Waals surface area contributed by atoms with Gasteiger partial charge in [-0.2, -0.15) is 0 Å². The summed E-state index contributed by atoms with van der Waals surface area (Å²) in [4.78, 5) is 24.3. The van der Waals surface area contributed by atoms with Crippen molar-refractivity contribution in [2.75, 3.05) is 19.0 Å². The molecule has 0 aliphatic carbocycles. The van der Waals surface area contributed by atoms with E-state index in [0.29, 0.717) is 16.5 Å². The molecule has 0 aliphatic heterocycles. The number of hydrogen-bond donors (Lipinski definition) is 1. The molecule has 0 spiro atoms. The number of ether oxygens (including phenoxy) is 2. The number of amides is 1. The van der Waals surface area contributed by atoms with Crippen LogP contribution in [0.4, 0.5) is 5.69 Å². The van der Waals surface area contributed by atoms with Crippen molar-refractivity contribution in [2.45, 2.75) is 0 Å². The highest BCUT2D eigenvalue weighted by Crippen LogP contribution is 2.26. The van der Waals surface area contributed by atoms with Crippen molar-refractivity contribution in [3.05, 3.63) is 71.2 Å². The van der Waals surface area contributed by atoms with Crippen LogP contribution in [0.15, 0.2) is 60.7 Å². The summed E-state index contributed by atoms with van der Waals surface area (Å²) >= 11 is 5.79. The Bertz CT molecular complexity index is 954. The molecule has 1 N–H and O–H groups in total.